The van der Waals surface area contributed by atoms with Gasteiger partial charge < -0.3 is 9.47 Å². The van der Waals surface area contributed by atoms with E-state index in [-0.39, 0.29) is 5.97 Å². The fourth-order valence-electron chi connectivity index (χ4n) is 0.405. The van der Waals surface area contributed by atoms with Crippen molar-refractivity contribution >= 4 is 5.97 Å². The van der Waals surface area contributed by atoms with E-state index in [0.717, 1.165) is 19.3 Å². The first-order chi connectivity index (χ1) is 5.72. The van der Waals surface area contributed by atoms with Crippen molar-refractivity contribution in [1.29, 1.82) is 0 Å². The topological polar surface area (TPSA) is 35.5 Å². The largest absolute Gasteiger partial charge is 0.463 e. The number of carbonyl (C=O) groups is 1. The third-order valence-corrected chi connectivity index (χ3v) is 0.862. The van der Waals surface area contributed by atoms with Crippen LogP contribution in [-0.2, 0) is 14.3 Å². The Morgan fingerprint density at radius 2 is 1.75 bits per heavy atom. The molecular weight excluding hydrogens is 156 g/mol. The first kappa shape index (κ1) is 13.7. The lowest BCUT2D eigenvalue weighted by Gasteiger charge is -1.90. The minimum Gasteiger partial charge on any atom is -0.463 e. The number of rotatable bonds is 4. The van der Waals surface area contributed by atoms with Crippen LogP contribution >= 0.6 is 0 Å². The maximum absolute atomic E-state index is 10.1. The van der Waals surface area contributed by atoms with Crippen LogP contribution in [0.3, 0.4) is 0 Å². The van der Waals surface area contributed by atoms with Crippen molar-refractivity contribution < 1.29 is 14.3 Å². The molecule has 0 atom stereocenters. The second-order valence-corrected chi connectivity index (χ2v) is 1.74. The summed E-state index contributed by atoms with van der Waals surface area (Å²) < 4.78 is 9.27. The Balaban J connectivity index is 0. The molecule has 0 aliphatic carbocycles. The Hall–Kier alpha value is -0.830. The summed E-state index contributed by atoms with van der Waals surface area (Å²) in [4.78, 5) is 10.1. The normalized spacial score (nSPS) is 7.92. The van der Waals surface area contributed by atoms with Crippen LogP contribution in [0.2, 0.25) is 0 Å². The molecule has 0 rings (SSSR count). The summed E-state index contributed by atoms with van der Waals surface area (Å²) in [5.74, 6) is -0.359. The molecule has 0 N–H and O–H groups in total. The van der Waals surface area contributed by atoms with Crippen molar-refractivity contribution in [2.24, 2.45) is 0 Å². The molecule has 0 aliphatic heterocycles. The summed E-state index contributed by atoms with van der Waals surface area (Å²) >= 11 is 0. The molecule has 3 nitrogen and oxygen atoms in total. The quantitative estimate of drug-likeness (QED) is 0.481. The van der Waals surface area contributed by atoms with Crippen molar-refractivity contribution in [2.75, 3.05) is 19.8 Å². The molecule has 0 unspecified atom stereocenters. The molecular formula is C9H18O3. The third-order valence-electron chi connectivity index (χ3n) is 0.862. The van der Waals surface area contributed by atoms with Crippen LogP contribution in [0, 0.1) is 0 Å². The molecule has 12 heavy (non-hydrogen) atoms. The Morgan fingerprint density at radius 1 is 1.25 bits per heavy atom. The summed E-state index contributed by atoms with van der Waals surface area (Å²) in [5.41, 5.74) is 0. The van der Waals surface area contributed by atoms with Crippen LogP contribution in [0.4, 0.5) is 0 Å². The van der Waals surface area contributed by atoms with Crippen LogP contribution in [-0.4, -0.2) is 25.8 Å². The first-order valence-corrected chi connectivity index (χ1v) is 4.09. The lowest BCUT2D eigenvalue weighted by Crippen LogP contribution is -1.97. The van der Waals surface area contributed by atoms with E-state index in [1.54, 1.807) is 6.92 Å². The highest BCUT2D eigenvalue weighted by Crippen LogP contribution is 1.74. The van der Waals surface area contributed by atoms with Gasteiger partial charge in [0.2, 0.25) is 0 Å². The number of ether oxygens (including phenoxy) is 2. The fourth-order valence-corrected chi connectivity index (χ4v) is 0.405. The SMILES string of the molecule is C=CC(=O)OCC.CCOCC. The minimum atomic E-state index is -0.359. The number of esters is 1. The van der Waals surface area contributed by atoms with Crippen LogP contribution in [0.5, 0.6) is 0 Å². The van der Waals surface area contributed by atoms with E-state index in [1.807, 2.05) is 13.8 Å². The molecule has 0 bridgehead atoms. The maximum atomic E-state index is 10.1. The maximum Gasteiger partial charge on any atom is 0.330 e. The van der Waals surface area contributed by atoms with Crippen molar-refractivity contribution in [1.82, 2.24) is 0 Å². The molecule has 0 radical (unpaired) electrons. The Kier molecular flexibility index (Phi) is 14.7. The summed E-state index contributed by atoms with van der Waals surface area (Å²) in [6.07, 6.45) is 1.14. The van der Waals surface area contributed by atoms with Gasteiger partial charge in [-0.25, -0.2) is 4.79 Å². The van der Waals surface area contributed by atoms with Gasteiger partial charge in [0.15, 0.2) is 0 Å². The monoisotopic (exact) mass is 174 g/mol. The van der Waals surface area contributed by atoms with Gasteiger partial charge in [0.25, 0.3) is 0 Å². The molecule has 0 saturated carbocycles. The average Bonchev–Trinajstić information content (AvgIpc) is 2.07. The highest BCUT2D eigenvalue weighted by Gasteiger charge is 1.86. The zero-order valence-electron chi connectivity index (χ0n) is 8.13. The van der Waals surface area contributed by atoms with Gasteiger partial charge in [-0.3, -0.25) is 0 Å². The Morgan fingerprint density at radius 3 is 1.83 bits per heavy atom. The molecule has 0 aromatic heterocycles. The van der Waals surface area contributed by atoms with E-state index in [2.05, 4.69) is 11.3 Å². The standard InChI is InChI=1S/C5H8O2.C4H10O/c1-3-5(6)7-4-2;1-3-5-4-2/h3H,1,4H2,2H3;3-4H2,1-2H3. The van der Waals surface area contributed by atoms with E-state index in [0.29, 0.717) is 6.61 Å². The zero-order chi connectivity index (χ0) is 9.82. The highest BCUT2D eigenvalue weighted by molar-refractivity contribution is 5.81. The van der Waals surface area contributed by atoms with E-state index >= 15 is 0 Å². The number of hydrogen-bond donors (Lipinski definition) is 0. The van der Waals surface area contributed by atoms with Crippen molar-refractivity contribution in [3.05, 3.63) is 12.7 Å². The molecule has 0 spiro atoms. The van der Waals surface area contributed by atoms with E-state index in [4.69, 9.17) is 4.74 Å². The molecule has 0 aromatic carbocycles. The lowest BCUT2D eigenvalue weighted by atomic mass is 10.6. The summed E-state index contributed by atoms with van der Waals surface area (Å²) in [6.45, 7) is 11.0. The predicted molar refractivity (Wildman–Crippen MR) is 49.0 cm³/mol. The second-order valence-electron chi connectivity index (χ2n) is 1.74. The van der Waals surface area contributed by atoms with Gasteiger partial charge in [0.1, 0.15) is 0 Å². The summed E-state index contributed by atoms with van der Waals surface area (Å²) in [6, 6.07) is 0. The Labute approximate surface area is 74.4 Å². The molecule has 0 fully saturated rings. The van der Waals surface area contributed by atoms with Crippen molar-refractivity contribution in [3.63, 3.8) is 0 Å². The van der Waals surface area contributed by atoms with E-state index in [9.17, 15) is 4.79 Å². The molecule has 72 valence electrons. The minimum absolute atomic E-state index is 0.359. The van der Waals surface area contributed by atoms with Gasteiger partial charge in [0.05, 0.1) is 6.61 Å². The van der Waals surface area contributed by atoms with Gasteiger partial charge in [-0.05, 0) is 20.8 Å². The van der Waals surface area contributed by atoms with Crippen LogP contribution < -0.4 is 0 Å². The van der Waals surface area contributed by atoms with Crippen LogP contribution in [0.15, 0.2) is 12.7 Å². The van der Waals surface area contributed by atoms with Gasteiger partial charge in [-0.2, -0.15) is 0 Å². The van der Waals surface area contributed by atoms with Gasteiger partial charge in [0, 0.05) is 19.3 Å². The molecule has 0 aromatic rings. The molecule has 0 heterocycles. The smallest absolute Gasteiger partial charge is 0.330 e. The fraction of sp³-hybridized carbons (Fsp3) is 0.667. The van der Waals surface area contributed by atoms with Crippen LogP contribution in [0.25, 0.3) is 0 Å². The van der Waals surface area contributed by atoms with E-state index in [1.165, 1.54) is 0 Å². The zero-order valence-corrected chi connectivity index (χ0v) is 8.13. The number of hydrogen-bond acceptors (Lipinski definition) is 3. The van der Waals surface area contributed by atoms with Gasteiger partial charge in [-0.15, -0.1) is 0 Å². The van der Waals surface area contributed by atoms with Gasteiger partial charge in [-0.1, -0.05) is 6.58 Å². The molecule has 3 heteroatoms. The lowest BCUT2D eigenvalue weighted by molar-refractivity contribution is -0.137. The van der Waals surface area contributed by atoms with Gasteiger partial charge >= 0.3 is 5.97 Å². The first-order valence-electron chi connectivity index (χ1n) is 4.09. The van der Waals surface area contributed by atoms with Crippen LogP contribution in [0.1, 0.15) is 20.8 Å². The average molecular weight is 174 g/mol. The van der Waals surface area contributed by atoms with E-state index < -0.39 is 0 Å². The third kappa shape index (κ3) is 16.1. The van der Waals surface area contributed by atoms with Crippen molar-refractivity contribution in [2.45, 2.75) is 20.8 Å². The van der Waals surface area contributed by atoms with Crippen molar-refractivity contribution in [3.8, 4) is 0 Å². The summed E-state index contributed by atoms with van der Waals surface area (Å²) in [7, 11) is 0. The number of carbonyl (C=O) groups excluding carboxylic acids is 1. The highest BCUT2D eigenvalue weighted by atomic mass is 16.5. The second kappa shape index (κ2) is 12.8. The summed E-state index contributed by atoms with van der Waals surface area (Å²) in [5, 5.41) is 0. The molecule has 0 aliphatic rings. The predicted octanol–water partition coefficient (Wildman–Crippen LogP) is 1.78. The Bertz CT molecular complexity index is 108. The molecule has 0 amide bonds. The molecule has 0 saturated heterocycles.